The average Bonchev–Trinajstić information content (AvgIpc) is 3.71. The van der Waals surface area contributed by atoms with Crippen LogP contribution in [0.15, 0.2) is 67.0 Å². The highest BCUT2D eigenvalue weighted by molar-refractivity contribution is 5.94. The quantitative estimate of drug-likeness (QED) is 0.540. The molecular weight excluding hydrogens is 412 g/mol. The highest BCUT2D eigenvalue weighted by Crippen LogP contribution is 2.37. The number of likely N-dealkylation sites (tertiary alicyclic amines) is 1. The minimum atomic E-state index is 0.00791. The van der Waals surface area contributed by atoms with E-state index in [-0.39, 0.29) is 17.9 Å². The first-order valence-electron chi connectivity index (χ1n) is 12.2. The molecule has 6 heteroatoms. The molecule has 6 nitrogen and oxygen atoms in total. The number of hydrogen-bond donors (Lipinski definition) is 0. The van der Waals surface area contributed by atoms with Crippen LogP contribution in [-0.4, -0.2) is 49.9 Å². The monoisotopic (exact) mass is 442 g/mol. The van der Waals surface area contributed by atoms with E-state index in [2.05, 4.69) is 21.3 Å². The second kappa shape index (κ2) is 8.25. The van der Waals surface area contributed by atoms with Gasteiger partial charge in [-0.15, -0.1) is 0 Å². The molecule has 2 saturated carbocycles. The van der Waals surface area contributed by atoms with E-state index in [9.17, 15) is 9.59 Å². The molecule has 3 heterocycles. The summed E-state index contributed by atoms with van der Waals surface area (Å²) >= 11 is 0. The van der Waals surface area contributed by atoms with E-state index in [1.165, 1.54) is 0 Å². The highest BCUT2D eigenvalue weighted by atomic mass is 16.2. The fourth-order valence-corrected chi connectivity index (χ4v) is 5.13. The molecule has 2 amide bonds. The van der Waals surface area contributed by atoms with Crippen LogP contribution >= 0.6 is 0 Å². The van der Waals surface area contributed by atoms with Crippen molar-refractivity contribution in [2.24, 2.45) is 0 Å². The smallest absolute Gasteiger partial charge is 0.271 e. The van der Waals surface area contributed by atoms with Gasteiger partial charge < -0.3 is 18.9 Å². The Labute approximate surface area is 194 Å². The fourth-order valence-electron chi connectivity index (χ4n) is 5.13. The molecule has 2 aromatic heterocycles. The van der Waals surface area contributed by atoms with E-state index in [1.54, 1.807) is 0 Å². The van der Waals surface area contributed by atoms with E-state index < -0.39 is 0 Å². The van der Waals surface area contributed by atoms with Crippen LogP contribution < -0.4 is 0 Å². The lowest BCUT2D eigenvalue weighted by molar-refractivity contribution is 0.0630. The summed E-state index contributed by atoms with van der Waals surface area (Å²) in [6, 6.07) is 18.9. The van der Waals surface area contributed by atoms with Crippen LogP contribution in [0.3, 0.4) is 0 Å². The molecule has 2 aliphatic carbocycles. The lowest BCUT2D eigenvalue weighted by atomic mass is 10.1. The van der Waals surface area contributed by atoms with Gasteiger partial charge in [0.1, 0.15) is 11.4 Å². The van der Waals surface area contributed by atoms with Gasteiger partial charge in [0.25, 0.3) is 11.8 Å². The lowest BCUT2D eigenvalue weighted by Gasteiger charge is -2.30. The molecule has 0 N–H and O–H groups in total. The van der Waals surface area contributed by atoms with Crippen molar-refractivity contribution < 1.29 is 9.59 Å². The zero-order valence-electron chi connectivity index (χ0n) is 18.8. The summed E-state index contributed by atoms with van der Waals surface area (Å²) in [5.41, 5.74) is 2.66. The first-order chi connectivity index (χ1) is 16.2. The summed E-state index contributed by atoms with van der Waals surface area (Å²) in [7, 11) is 0. The number of rotatable bonds is 7. The van der Waals surface area contributed by atoms with E-state index >= 15 is 0 Å². The van der Waals surface area contributed by atoms with Gasteiger partial charge in [0, 0.05) is 44.1 Å². The fraction of sp³-hybridized carbons (Fsp3) is 0.407. The molecule has 6 rings (SSSR count). The van der Waals surface area contributed by atoms with E-state index in [1.807, 2.05) is 64.7 Å². The first-order valence-corrected chi connectivity index (χ1v) is 12.2. The van der Waals surface area contributed by atoms with Crippen molar-refractivity contribution in [3.63, 3.8) is 0 Å². The van der Waals surface area contributed by atoms with Crippen LogP contribution in [0.25, 0.3) is 0 Å². The Morgan fingerprint density at radius 1 is 0.788 bits per heavy atom. The van der Waals surface area contributed by atoms with Crippen molar-refractivity contribution in [2.75, 3.05) is 13.1 Å². The Morgan fingerprint density at radius 2 is 1.42 bits per heavy atom. The van der Waals surface area contributed by atoms with Crippen molar-refractivity contribution in [3.8, 4) is 0 Å². The van der Waals surface area contributed by atoms with Gasteiger partial charge in [-0.2, -0.15) is 0 Å². The summed E-state index contributed by atoms with van der Waals surface area (Å²) in [5, 5.41) is 0. The number of hydrogen-bond acceptors (Lipinski definition) is 2. The Bertz CT molecular complexity index is 1160. The molecule has 0 radical (unpaired) electrons. The van der Waals surface area contributed by atoms with Crippen LogP contribution in [0.4, 0.5) is 0 Å². The standard InChI is InChI=1S/C27H30N4O2/c32-26(24-8-4-15-29(24)21-10-11-21)28-17-14-23(19-28)31(18-20-6-2-1-3-7-20)27(33)25-9-5-16-30(25)22-12-13-22/h1-9,15-16,21-23H,10-14,17-19H2. The Morgan fingerprint density at radius 3 is 2.09 bits per heavy atom. The van der Waals surface area contributed by atoms with Crippen LogP contribution in [0, 0.1) is 0 Å². The Kier molecular flexibility index (Phi) is 5.08. The maximum atomic E-state index is 13.8. The number of carbonyl (C=O) groups is 2. The van der Waals surface area contributed by atoms with E-state index in [0.29, 0.717) is 31.7 Å². The Balaban J connectivity index is 1.24. The summed E-state index contributed by atoms with van der Waals surface area (Å²) in [6.07, 6.45) is 9.44. The zero-order chi connectivity index (χ0) is 22.4. The normalized spacial score (nSPS) is 20.2. The van der Waals surface area contributed by atoms with Gasteiger partial charge in [0.05, 0.1) is 6.04 Å². The first kappa shape index (κ1) is 20.3. The molecule has 1 aliphatic heterocycles. The predicted molar refractivity (Wildman–Crippen MR) is 126 cm³/mol. The van der Waals surface area contributed by atoms with E-state index in [0.717, 1.165) is 49.1 Å². The summed E-state index contributed by atoms with van der Waals surface area (Å²) < 4.78 is 4.27. The van der Waals surface area contributed by atoms with Crippen molar-refractivity contribution in [1.82, 2.24) is 18.9 Å². The predicted octanol–water partition coefficient (Wildman–Crippen LogP) is 4.52. The number of benzene rings is 1. The lowest BCUT2D eigenvalue weighted by Crippen LogP contribution is -2.43. The van der Waals surface area contributed by atoms with Gasteiger partial charge >= 0.3 is 0 Å². The SMILES string of the molecule is O=C(c1cccn1C1CC1)N1CCC(N(Cc2ccccc2)C(=O)c2cccn2C2CC2)C1. The highest BCUT2D eigenvalue weighted by Gasteiger charge is 2.37. The number of carbonyl (C=O) groups excluding carboxylic acids is 2. The number of nitrogens with zero attached hydrogens (tertiary/aromatic N) is 4. The van der Waals surface area contributed by atoms with Gasteiger partial charge in [-0.05, 0) is 61.9 Å². The third-order valence-corrected chi connectivity index (χ3v) is 7.22. The minimum Gasteiger partial charge on any atom is -0.340 e. The largest absolute Gasteiger partial charge is 0.340 e. The molecule has 33 heavy (non-hydrogen) atoms. The molecule has 0 bridgehead atoms. The van der Waals surface area contributed by atoms with Crippen LogP contribution in [-0.2, 0) is 6.54 Å². The van der Waals surface area contributed by atoms with Gasteiger partial charge in [-0.25, -0.2) is 0 Å². The van der Waals surface area contributed by atoms with Gasteiger partial charge in [0.15, 0.2) is 0 Å². The van der Waals surface area contributed by atoms with Crippen molar-refractivity contribution in [1.29, 1.82) is 0 Å². The zero-order valence-corrected chi connectivity index (χ0v) is 18.8. The van der Waals surface area contributed by atoms with Crippen molar-refractivity contribution in [3.05, 3.63) is 83.9 Å². The molecule has 170 valence electrons. The van der Waals surface area contributed by atoms with Crippen LogP contribution in [0.2, 0.25) is 0 Å². The van der Waals surface area contributed by atoms with Gasteiger partial charge in [-0.3, -0.25) is 9.59 Å². The van der Waals surface area contributed by atoms with Crippen molar-refractivity contribution >= 4 is 11.8 Å². The van der Waals surface area contributed by atoms with Crippen LogP contribution in [0.5, 0.6) is 0 Å². The van der Waals surface area contributed by atoms with Gasteiger partial charge in [-0.1, -0.05) is 30.3 Å². The minimum absolute atomic E-state index is 0.00791. The molecule has 3 fully saturated rings. The Hall–Kier alpha value is -3.28. The average molecular weight is 443 g/mol. The van der Waals surface area contributed by atoms with Crippen LogP contribution in [0.1, 0.15) is 70.7 Å². The second-order valence-corrected chi connectivity index (χ2v) is 9.68. The van der Waals surface area contributed by atoms with Gasteiger partial charge in [0.2, 0.25) is 0 Å². The number of amides is 2. The topological polar surface area (TPSA) is 50.5 Å². The maximum Gasteiger partial charge on any atom is 0.271 e. The second-order valence-electron chi connectivity index (χ2n) is 9.68. The van der Waals surface area contributed by atoms with Crippen molar-refractivity contribution in [2.45, 2.75) is 56.8 Å². The summed E-state index contributed by atoms with van der Waals surface area (Å²) in [6.45, 7) is 1.82. The maximum absolute atomic E-state index is 13.8. The molecule has 1 saturated heterocycles. The van der Waals surface area contributed by atoms with E-state index in [4.69, 9.17) is 0 Å². The molecule has 1 aromatic carbocycles. The number of aromatic nitrogens is 2. The molecule has 1 atom stereocenters. The summed E-state index contributed by atoms with van der Waals surface area (Å²) in [4.78, 5) is 31.1. The molecule has 1 unspecified atom stereocenters. The molecule has 0 spiro atoms. The molecule has 3 aromatic rings. The molecular formula is C27H30N4O2. The molecule has 3 aliphatic rings. The third-order valence-electron chi connectivity index (χ3n) is 7.22. The summed E-state index contributed by atoms with van der Waals surface area (Å²) in [5.74, 6) is 0.152. The third kappa shape index (κ3) is 3.99.